The highest BCUT2D eigenvalue weighted by molar-refractivity contribution is 5.83. The SMILES string of the molecule is COc1ccc(-c2noc(-c3cn(C)c4ccc(C)cc4c3=O)n2)cc1. The first-order valence-corrected chi connectivity index (χ1v) is 8.15. The van der Waals surface area contributed by atoms with Crippen LogP contribution in [0, 0.1) is 6.92 Å². The summed E-state index contributed by atoms with van der Waals surface area (Å²) in [4.78, 5) is 17.3. The van der Waals surface area contributed by atoms with Gasteiger partial charge in [0.2, 0.25) is 11.3 Å². The Balaban J connectivity index is 1.82. The van der Waals surface area contributed by atoms with Gasteiger partial charge in [0, 0.05) is 24.2 Å². The first kappa shape index (κ1) is 16.1. The highest BCUT2D eigenvalue weighted by Gasteiger charge is 2.16. The van der Waals surface area contributed by atoms with Gasteiger partial charge in [-0.05, 0) is 43.3 Å². The summed E-state index contributed by atoms with van der Waals surface area (Å²) >= 11 is 0. The zero-order valence-electron chi connectivity index (χ0n) is 14.7. The highest BCUT2D eigenvalue weighted by Crippen LogP contribution is 2.24. The molecule has 0 amide bonds. The van der Waals surface area contributed by atoms with Crippen molar-refractivity contribution in [3.63, 3.8) is 0 Å². The number of pyridine rings is 1. The van der Waals surface area contributed by atoms with Gasteiger partial charge >= 0.3 is 0 Å². The van der Waals surface area contributed by atoms with E-state index in [2.05, 4.69) is 10.1 Å². The van der Waals surface area contributed by atoms with Gasteiger partial charge in [-0.3, -0.25) is 4.79 Å². The Morgan fingerprint density at radius 2 is 1.88 bits per heavy atom. The lowest BCUT2D eigenvalue weighted by Gasteiger charge is -2.07. The number of fused-ring (bicyclic) bond motifs is 1. The smallest absolute Gasteiger partial charge is 0.263 e. The molecule has 0 N–H and O–H groups in total. The molecule has 6 nitrogen and oxygen atoms in total. The van der Waals surface area contributed by atoms with Crippen LogP contribution in [0.25, 0.3) is 33.7 Å². The molecule has 2 heterocycles. The predicted octanol–water partition coefficient (Wildman–Crippen LogP) is 3.57. The Hall–Kier alpha value is -3.41. The zero-order chi connectivity index (χ0) is 18.3. The molecule has 0 unspecified atom stereocenters. The fourth-order valence-corrected chi connectivity index (χ4v) is 2.95. The summed E-state index contributed by atoms with van der Waals surface area (Å²) in [6.07, 6.45) is 1.73. The molecule has 0 saturated heterocycles. The lowest BCUT2D eigenvalue weighted by molar-refractivity contribution is 0.415. The number of methoxy groups -OCH3 is 1. The van der Waals surface area contributed by atoms with E-state index < -0.39 is 0 Å². The van der Waals surface area contributed by atoms with Crippen LogP contribution >= 0.6 is 0 Å². The maximum absolute atomic E-state index is 12.9. The molecule has 0 bridgehead atoms. The number of nitrogens with zero attached hydrogens (tertiary/aromatic N) is 3. The lowest BCUT2D eigenvalue weighted by atomic mass is 10.1. The van der Waals surface area contributed by atoms with Crippen molar-refractivity contribution in [2.24, 2.45) is 7.05 Å². The first-order chi connectivity index (χ1) is 12.6. The van der Waals surface area contributed by atoms with Crippen molar-refractivity contribution in [3.8, 4) is 28.6 Å². The Morgan fingerprint density at radius 1 is 1.12 bits per heavy atom. The van der Waals surface area contributed by atoms with Crippen molar-refractivity contribution in [2.75, 3.05) is 7.11 Å². The summed E-state index contributed by atoms with van der Waals surface area (Å²) in [7, 11) is 3.50. The minimum absolute atomic E-state index is 0.119. The Bertz CT molecular complexity index is 1160. The van der Waals surface area contributed by atoms with Crippen LogP contribution in [-0.2, 0) is 7.05 Å². The van der Waals surface area contributed by atoms with Crippen molar-refractivity contribution in [1.29, 1.82) is 0 Å². The van der Waals surface area contributed by atoms with Crippen molar-refractivity contribution in [1.82, 2.24) is 14.7 Å². The van der Waals surface area contributed by atoms with Gasteiger partial charge in [0.1, 0.15) is 11.3 Å². The summed E-state index contributed by atoms with van der Waals surface area (Å²) in [6.45, 7) is 1.96. The average molecular weight is 347 g/mol. The van der Waals surface area contributed by atoms with Gasteiger partial charge in [0.05, 0.1) is 12.6 Å². The third-order valence-electron chi connectivity index (χ3n) is 4.35. The summed E-state index contributed by atoms with van der Waals surface area (Å²) in [6, 6.07) is 13.1. The molecule has 0 saturated carbocycles. The van der Waals surface area contributed by atoms with Crippen LogP contribution in [0.3, 0.4) is 0 Å². The Labute approximate surface area is 149 Å². The molecule has 6 heteroatoms. The van der Waals surface area contributed by atoms with Crippen LogP contribution in [-0.4, -0.2) is 21.8 Å². The van der Waals surface area contributed by atoms with E-state index in [0.29, 0.717) is 16.8 Å². The molecule has 0 radical (unpaired) electrons. The average Bonchev–Trinajstić information content (AvgIpc) is 3.14. The van der Waals surface area contributed by atoms with E-state index in [9.17, 15) is 4.79 Å². The van der Waals surface area contributed by atoms with Gasteiger partial charge in [-0.15, -0.1) is 0 Å². The number of ether oxygens (including phenoxy) is 1. The monoisotopic (exact) mass is 347 g/mol. The van der Waals surface area contributed by atoms with E-state index in [-0.39, 0.29) is 11.3 Å². The number of hydrogen-bond donors (Lipinski definition) is 0. The molecule has 4 aromatic rings. The van der Waals surface area contributed by atoms with E-state index in [1.165, 1.54) is 0 Å². The van der Waals surface area contributed by atoms with Crippen LogP contribution in [0.5, 0.6) is 5.75 Å². The van der Waals surface area contributed by atoms with Gasteiger partial charge in [0.25, 0.3) is 5.89 Å². The van der Waals surface area contributed by atoms with Gasteiger partial charge in [-0.2, -0.15) is 4.98 Å². The van der Waals surface area contributed by atoms with E-state index in [1.807, 2.05) is 61.0 Å². The number of hydrogen-bond acceptors (Lipinski definition) is 5. The van der Waals surface area contributed by atoms with Gasteiger partial charge in [-0.1, -0.05) is 16.8 Å². The summed E-state index contributed by atoms with van der Waals surface area (Å²) in [5.41, 5.74) is 2.94. The van der Waals surface area contributed by atoms with E-state index in [1.54, 1.807) is 13.3 Å². The Kier molecular flexibility index (Phi) is 3.80. The van der Waals surface area contributed by atoms with Crippen LogP contribution in [0.1, 0.15) is 5.56 Å². The molecule has 2 aromatic carbocycles. The summed E-state index contributed by atoms with van der Waals surface area (Å²) in [5.74, 6) is 1.38. The van der Waals surface area contributed by atoms with Gasteiger partial charge < -0.3 is 13.8 Å². The molecule has 0 fully saturated rings. The van der Waals surface area contributed by atoms with Crippen LogP contribution in [0.15, 0.2) is 58.0 Å². The minimum Gasteiger partial charge on any atom is -0.497 e. The van der Waals surface area contributed by atoms with Gasteiger partial charge in [-0.25, -0.2) is 0 Å². The second-order valence-electron chi connectivity index (χ2n) is 6.16. The molecular weight excluding hydrogens is 330 g/mol. The normalized spacial score (nSPS) is 11.0. The fraction of sp³-hybridized carbons (Fsp3) is 0.150. The van der Waals surface area contributed by atoms with E-state index in [4.69, 9.17) is 9.26 Å². The van der Waals surface area contributed by atoms with Crippen LogP contribution in [0.2, 0.25) is 0 Å². The number of benzene rings is 2. The molecule has 0 spiro atoms. The molecule has 0 aliphatic rings. The molecule has 4 rings (SSSR count). The van der Waals surface area contributed by atoms with E-state index in [0.717, 1.165) is 22.4 Å². The second kappa shape index (κ2) is 6.15. The third kappa shape index (κ3) is 2.65. The maximum atomic E-state index is 12.9. The molecule has 2 aromatic heterocycles. The predicted molar refractivity (Wildman–Crippen MR) is 99.2 cm³/mol. The zero-order valence-corrected chi connectivity index (χ0v) is 14.7. The lowest BCUT2D eigenvalue weighted by Crippen LogP contribution is -2.10. The standard InChI is InChI=1S/C20H17N3O3/c1-12-4-9-17-15(10-12)18(24)16(11-23(17)2)20-21-19(22-26-20)13-5-7-14(25-3)8-6-13/h4-11H,1-3H3. The topological polar surface area (TPSA) is 70.2 Å². The van der Waals surface area contributed by atoms with E-state index >= 15 is 0 Å². The number of aromatic nitrogens is 3. The fourth-order valence-electron chi connectivity index (χ4n) is 2.95. The Morgan fingerprint density at radius 3 is 2.62 bits per heavy atom. The molecule has 0 aliphatic carbocycles. The third-order valence-corrected chi connectivity index (χ3v) is 4.35. The molecule has 0 atom stereocenters. The second-order valence-corrected chi connectivity index (χ2v) is 6.16. The molecule has 26 heavy (non-hydrogen) atoms. The first-order valence-electron chi connectivity index (χ1n) is 8.15. The number of rotatable bonds is 3. The van der Waals surface area contributed by atoms with Crippen LogP contribution in [0.4, 0.5) is 0 Å². The van der Waals surface area contributed by atoms with Crippen molar-refractivity contribution >= 4 is 10.9 Å². The largest absolute Gasteiger partial charge is 0.497 e. The van der Waals surface area contributed by atoms with Gasteiger partial charge in [0.15, 0.2) is 0 Å². The molecule has 0 aliphatic heterocycles. The van der Waals surface area contributed by atoms with Crippen molar-refractivity contribution in [2.45, 2.75) is 6.92 Å². The highest BCUT2D eigenvalue weighted by atomic mass is 16.5. The van der Waals surface area contributed by atoms with Crippen molar-refractivity contribution < 1.29 is 9.26 Å². The molecular formula is C20H17N3O3. The summed E-state index contributed by atoms with van der Waals surface area (Å²) < 4.78 is 12.4. The minimum atomic E-state index is -0.119. The molecule has 130 valence electrons. The van der Waals surface area contributed by atoms with Crippen molar-refractivity contribution in [3.05, 3.63) is 64.4 Å². The quantitative estimate of drug-likeness (QED) is 0.566. The maximum Gasteiger partial charge on any atom is 0.263 e. The summed E-state index contributed by atoms with van der Waals surface area (Å²) in [5, 5.41) is 4.65. The van der Waals surface area contributed by atoms with Crippen LogP contribution < -0.4 is 10.2 Å². The number of aryl methyl sites for hydroxylation is 2.